The van der Waals surface area contributed by atoms with Crippen molar-refractivity contribution in [3.8, 4) is 34.5 Å². The number of benzene rings is 2. The van der Waals surface area contributed by atoms with Crippen molar-refractivity contribution < 1.29 is 58.7 Å². The van der Waals surface area contributed by atoms with Crippen molar-refractivity contribution in [1.82, 2.24) is 0 Å². The quantitative estimate of drug-likeness (QED) is 0.282. The summed E-state index contributed by atoms with van der Waals surface area (Å²) in [5.74, 6) is 0.299. The van der Waals surface area contributed by atoms with Crippen molar-refractivity contribution in [3.63, 3.8) is 0 Å². The van der Waals surface area contributed by atoms with Gasteiger partial charge in [0.15, 0.2) is 29.3 Å². The van der Waals surface area contributed by atoms with Crippen LogP contribution in [0.2, 0.25) is 0 Å². The summed E-state index contributed by atoms with van der Waals surface area (Å²) in [5.41, 5.74) is 1.50. The van der Waals surface area contributed by atoms with Gasteiger partial charge in [0.1, 0.15) is 18.3 Å². The second kappa shape index (κ2) is 12.7. The van der Waals surface area contributed by atoms with Crippen LogP contribution in [-0.4, -0.2) is 97.9 Å². The third-order valence-electron chi connectivity index (χ3n) is 7.61. The molecule has 0 aromatic heterocycles. The van der Waals surface area contributed by atoms with Crippen molar-refractivity contribution in [1.29, 1.82) is 0 Å². The van der Waals surface area contributed by atoms with Gasteiger partial charge in [-0.15, -0.1) is 0 Å². The summed E-state index contributed by atoms with van der Waals surface area (Å²) >= 11 is 0. The molecule has 2 heterocycles. The molecule has 0 spiro atoms. The first kappa shape index (κ1) is 30.0. The zero-order chi connectivity index (χ0) is 29.1. The molecule has 12 nitrogen and oxygen atoms in total. The molecule has 2 aliphatic heterocycles. The number of phenolic OH excluding ortho intramolecular Hbond substituents is 2. The third-order valence-corrected chi connectivity index (χ3v) is 7.61. The molecule has 8 atom stereocenters. The standard InChI is InChI=1S/C28H38O12/c1-13-22(29)25(32)26(33)28(40-13)39-12-17-16(6-14-7-18(34-2)23(30)19(8-14)35-3)11-38-27(17)15-9-20(36-4)24(31)21(10-15)37-5/h7-10,13,16-17,22,25-33H,6,11-12H2,1-5H3/t13-,16-,17-,22-,25+,26+,27-,28+/m0/s1. The molecular formula is C28H38O12. The molecule has 2 aromatic rings. The Balaban J connectivity index is 1.64. The van der Waals surface area contributed by atoms with Crippen LogP contribution in [0.4, 0.5) is 0 Å². The second-order valence-corrected chi connectivity index (χ2v) is 10.0. The summed E-state index contributed by atoms with van der Waals surface area (Å²) in [4.78, 5) is 0. The first-order valence-corrected chi connectivity index (χ1v) is 12.9. The number of methoxy groups -OCH3 is 4. The van der Waals surface area contributed by atoms with Crippen LogP contribution >= 0.6 is 0 Å². The molecule has 0 aliphatic carbocycles. The first-order chi connectivity index (χ1) is 19.1. The fourth-order valence-electron chi connectivity index (χ4n) is 5.30. The number of aromatic hydroxyl groups is 2. The lowest BCUT2D eigenvalue weighted by Crippen LogP contribution is -2.57. The average molecular weight is 567 g/mol. The number of aliphatic hydroxyl groups excluding tert-OH is 3. The number of aliphatic hydroxyl groups is 3. The zero-order valence-corrected chi connectivity index (χ0v) is 23.1. The highest BCUT2D eigenvalue weighted by atomic mass is 16.7. The average Bonchev–Trinajstić information content (AvgIpc) is 3.35. The van der Waals surface area contributed by atoms with Gasteiger partial charge in [-0.3, -0.25) is 0 Å². The van der Waals surface area contributed by atoms with E-state index in [0.717, 1.165) is 5.56 Å². The molecule has 5 N–H and O–H groups in total. The predicted molar refractivity (Wildman–Crippen MR) is 140 cm³/mol. The largest absolute Gasteiger partial charge is 0.502 e. The van der Waals surface area contributed by atoms with Gasteiger partial charge in [-0.2, -0.15) is 0 Å². The van der Waals surface area contributed by atoms with Crippen molar-refractivity contribution in [3.05, 3.63) is 35.4 Å². The van der Waals surface area contributed by atoms with E-state index in [9.17, 15) is 25.5 Å². The summed E-state index contributed by atoms with van der Waals surface area (Å²) in [6.07, 6.45) is -6.09. The lowest BCUT2D eigenvalue weighted by molar-refractivity contribution is -0.296. The molecule has 4 rings (SSSR count). The van der Waals surface area contributed by atoms with Crippen molar-refractivity contribution in [2.24, 2.45) is 11.8 Å². The monoisotopic (exact) mass is 566 g/mol. The zero-order valence-electron chi connectivity index (χ0n) is 23.1. The highest BCUT2D eigenvalue weighted by molar-refractivity contribution is 5.54. The van der Waals surface area contributed by atoms with Gasteiger partial charge in [0.25, 0.3) is 0 Å². The maximum absolute atomic E-state index is 10.5. The molecule has 12 heteroatoms. The molecule has 2 aromatic carbocycles. The Kier molecular flexibility index (Phi) is 9.49. The van der Waals surface area contributed by atoms with Gasteiger partial charge >= 0.3 is 0 Å². The van der Waals surface area contributed by atoms with Crippen LogP contribution in [-0.2, 0) is 20.6 Å². The van der Waals surface area contributed by atoms with Crippen LogP contribution in [0.15, 0.2) is 24.3 Å². The van der Waals surface area contributed by atoms with Crippen molar-refractivity contribution in [2.45, 2.75) is 50.2 Å². The first-order valence-electron chi connectivity index (χ1n) is 12.9. The second-order valence-electron chi connectivity index (χ2n) is 10.0. The summed E-state index contributed by atoms with van der Waals surface area (Å²) in [6, 6.07) is 6.78. The Morgan fingerprint density at radius 2 is 1.30 bits per heavy atom. The summed E-state index contributed by atoms with van der Waals surface area (Å²) in [7, 11) is 5.78. The van der Waals surface area contributed by atoms with E-state index in [1.165, 1.54) is 28.4 Å². The topological polar surface area (TPSA) is 166 Å². The van der Waals surface area contributed by atoms with E-state index < -0.39 is 36.8 Å². The molecule has 0 radical (unpaired) electrons. The SMILES string of the molecule is COc1cc(C[C@H]2CO[C@@H](c3cc(OC)c(O)c(OC)c3)[C@H]2CO[C@@H]2O[C@@H](C)[C@H](O)[C@@H](O)[C@H]2O)cc(OC)c1O. The minimum absolute atomic E-state index is 0.0600. The Bertz CT molecular complexity index is 1110. The number of rotatable bonds is 10. The number of hydrogen-bond donors (Lipinski definition) is 5. The lowest BCUT2D eigenvalue weighted by atomic mass is 9.84. The van der Waals surface area contributed by atoms with Crippen LogP contribution in [0.3, 0.4) is 0 Å². The van der Waals surface area contributed by atoms with Gasteiger partial charge in [-0.1, -0.05) is 0 Å². The van der Waals surface area contributed by atoms with Gasteiger partial charge in [0.2, 0.25) is 11.5 Å². The molecule has 2 fully saturated rings. The van der Waals surface area contributed by atoms with Crippen molar-refractivity contribution >= 4 is 0 Å². The summed E-state index contributed by atoms with van der Waals surface area (Å²) in [6.45, 7) is 1.98. The van der Waals surface area contributed by atoms with Gasteiger partial charge < -0.3 is 58.7 Å². The van der Waals surface area contributed by atoms with Crippen molar-refractivity contribution in [2.75, 3.05) is 41.7 Å². The highest BCUT2D eigenvalue weighted by Crippen LogP contribution is 2.46. The number of hydrogen-bond acceptors (Lipinski definition) is 12. The minimum Gasteiger partial charge on any atom is -0.502 e. The molecule has 2 aliphatic rings. The van der Waals surface area contributed by atoms with Crippen LogP contribution in [0.25, 0.3) is 0 Å². The number of ether oxygens (including phenoxy) is 7. The van der Waals surface area contributed by atoms with Crippen LogP contribution in [0.1, 0.15) is 24.2 Å². The van der Waals surface area contributed by atoms with Gasteiger partial charge in [0, 0.05) is 5.92 Å². The van der Waals surface area contributed by atoms with E-state index in [-0.39, 0.29) is 52.9 Å². The molecule has 222 valence electrons. The summed E-state index contributed by atoms with van der Waals surface area (Å²) in [5, 5.41) is 51.5. The van der Waals surface area contributed by atoms with E-state index in [2.05, 4.69) is 0 Å². The Morgan fingerprint density at radius 1 is 0.775 bits per heavy atom. The molecule has 2 saturated heterocycles. The molecule has 40 heavy (non-hydrogen) atoms. The molecule has 0 saturated carbocycles. The van der Waals surface area contributed by atoms with E-state index >= 15 is 0 Å². The third kappa shape index (κ3) is 5.87. The maximum Gasteiger partial charge on any atom is 0.200 e. The van der Waals surface area contributed by atoms with Crippen LogP contribution in [0.5, 0.6) is 34.5 Å². The molecule has 0 bridgehead atoms. The normalized spacial score (nSPS) is 30.2. The smallest absolute Gasteiger partial charge is 0.200 e. The van der Waals surface area contributed by atoms with Crippen LogP contribution < -0.4 is 18.9 Å². The summed E-state index contributed by atoms with van der Waals surface area (Å²) < 4.78 is 39.2. The molecule has 0 unspecified atom stereocenters. The molecule has 0 amide bonds. The van der Waals surface area contributed by atoms with Crippen LogP contribution in [0, 0.1) is 11.8 Å². The van der Waals surface area contributed by atoms with E-state index in [4.69, 9.17) is 33.2 Å². The predicted octanol–water partition coefficient (Wildman–Crippen LogP) is 1.52. The Hall–Kier alpha value is -3.00. The Morgan fingerprint density at radius 3 is 1.82 bits per heavy atom. The molecular weight excluding hydrogens is 528 g/mol. The van der Waals surface area contributed by atoms with E-state index in [0.29, 0.717) is 18.6 Å². The fourth-order valence-corrected chi connectivity index (χ4v) is 5.30. The number of phenols is 2. The van der Waals surface area contributed by atoms with E-state index in [1.807, 2.05) is 0 Å². The maximum atomic E-state index is 10.5. The fraction of sp³-hybridized carbons (Fsp3) is 0.571. The van der Waals surface area contributed by atoms with E-state index in [1.54, 1.807) is 31.2 Å². The van der Waals surface area contributed by atoms with Gasteiger partial charge in [-0.25, -0.2) is 0 Å². The Labute approximate surface area is 232 Å². The highest BCUT2D eigenvalue weighted by Gasteiger charge is 2.45. The van der Waals surface area contributed by atoms with Gasteiger partial charge in [-0.05, 0) is 54.7 Å². The van der Waals surface area contributed by atoms with Gasteiger partial charge in [0.05, 0.1) is 53.9 Å². The lowest BCUT2D eigenvalue weighted by Gasteiger charge is -2.39. The minimum atomic E-state index is -1.45.